The van der Waals surface area contributed by atoms with Crippen molar-refractivity contribution >= 4 is 11.8 Å². The van der Waals surface area contributed by atoms with Crippen molar-refractivity contribution < 1.29 is 0 Å². The van der Waals surface area contributed by atoms with Gasteiger partial charge in [0.05, 0.1) is 0 Å². The summed E-state index contributed by atoms with van der Waals surface area (Å²) in [6, 6.07) is 7.03. The fraction of sp³-hybridized carbons (Fsp3) is 0.600. The van der Waals surface area contributed by atoms with E-state index in [0.717, 1.165) is 32.5 Å². The molecule has 1 aromatic carbocycles. The lowest BCUT2D eigenvalue weighted by Gasteiger charge is -2.18. The average molecular weight is 264 g/mol. The van der Waals surface area contributed by atoms with Crippen LogP contribution in [0.2, 0.25) is 0 Å². The summed E-state index contributed by atoms with van der Waals surface area (Å²) in [5, 5.41) is 0. The lowest BCUT2D eigenvalue weighted by Crippen LogP contribution is -2.24. The highest BCUT2D eigenvalue weighted by molar-refractivity contribution is 7.99. The first kappa shape index (κ1) is 13.9. The number of nitrogens with two attached hydrogens (primary N) is 1. The Morgan fingerprint density at radius 2 is 2.22 bits per heavy atom. The molecule has 1 aliphatic heterocycles. The number of hydrogen-bond donors (Lipinski definition) is 1. The Morgan fingerprint density at radius 1 is 1.33 bits per heavy atom. The van der Waals surface area contributed by atoms with Gasteiger partial charge in [0, 0.05) is 11.4 Å². The molecule has 0 unspecified atom stereocenters. The summed E-state index contributed by atoms with van der Waals surface area (Å²) in [6.07, 6.45) is 4.84. The molecule has 2 rings (SSSR count). The quantitative estimate of drug-likeness (QED) is 0.856. The first-order valence-corrected chi connectivity index (χ1v) is 7.91. The molecule has 0 aromatic heterocycles. The van der Waals surface area contributed by atoms with Gasteiger partial charge in [-0.1, -0.05) is 12.1 Å². The zero-order chi connectivity index (χ0) is 12.8. The van der Waals surface area contributed by atoms with E-state index in [1.54, 1.807) is 5.56 Å². The SMILES string of the molecule is CN(CCCN)CCc1ccc2c(c1)CCCS2. The third kappa shape index (κ3) is 4.01. The van der Waals surface area contributed by atoms with Crippen molar-refractivity contribution in [3.05, 3.63) is 29.3 Å². The monoisotopic (exact) mass is 264 g/mol. The van der Waals surface area contributed by atoms with E-state index in [1.807, 2.05) is 11.8 Å². The van der Waals surface area contributed by atoms with E-state index in [-0.39, 0.29) is 0 Å². The number of rotatable bonds is 6. The second kappa shape index (κ2) is 7.17. The average Bonchev–Trinajstić information content (AvgIpc) is 2.42. The molecule has 1 aromatic rings. The molecule has 0 bridgehead atoms. The van der Waals surface area contributed by atoms with Crippen molar-refractivity contribution in [2.24, 2.45) is 5.73 Å². The third-order valence-corrected chi connectivity index (χ3v) is 4.70. The molecule has 2 nitrogen and oxygen atoms in total. The lowest BCUT2D eigenvalue weighted by molar-refractivity contribution is 0.335. The first-order chi connectivity index (χ1) is 8.79. The van der Waals surface area contributed by atoms with Gasteiger partial charge in [-0.25, -0.2) is 0 Å². The Balaban J connectivity index is 1.86. The third-order valence-electron chi connectivity index (χ3n) is 3.50. The van der Waals surface area contributed by atoms with Gasteiger partial charge >= 0.3 is 0 Å². The molecular formula is C15H24N2S. The number of nitrogens with zero attached hydrogens (tertiary/aromatic N) is 1. The van der Waals surface area contributed by atoms with Crippen LogP contribution >= 0.6 is 11.8 Å². The molecule has 0 saturated heterocycles. The maximum absolute atomic E-state index is 5.53. The lowest BCUT2D eigenvalue weighted by atomic mass is 10.0. The van der Waals surface area contributed by atoms with Crippen LogP contribution in [0.5, 0.6) is 0 Å². The molecule has 1 heterocycles. The topological polar surface area (TPSA) is 29.3 Å². The standard InChI is InChI=1S/C15H24N2S/c1-17(9-3-8-16)10-7-13-5-6-15-14(12-13)4-2-11-18-15/h5-6,12H,2-4,7-11,16H2,1H3. The van der Waals surface area contributed by atoms with E-state index < -0.39 is 0 Å². The molecule has 18 heavy (non-hydrogen) atoms. The predicted molar refractivity (Wildman–Crippen MR) is 80.4 cm³/mol. The van der Waals surface area contributed by atoms with Gasteiger partial charge in [-0.15, -0.1) is 11.8 Å². The van der Waals surface area contributed by atoms with Gasteiger partial charge in [0.2, 0.25) is 0 Å². The summed E-state index contributed by atoms with van der Waals surface area (Å²) in [7, 11) is 2.18. The molecule has 0 spiro atoms. The van der Waals surface area contributed by atoms with Crippen LogP contribution in [0.15, 0.2) is 23.1 Å². The van der Waals surface area contributed by atoms with Gasteiger partial charge in [-0.05, 0) is 68.8 Å². The number of likely N-dealkylation sites (N-methyl/N-ethyl adjacent to an activating group) is 1. The van der Waals surface area contributed by atoms with Crippen LogP contribution in [-0.2, 0) is 12.8 Å². The highest BCUT2D eigenvalue weighted by atomic mass is 32.2. The summed E-state index contributed by atoms with van der Waals surface area (Å²) in [6.45, 7) is 3.03. The molecule has 0 radical (unpaired) electrons. The highest BCUT2D eigenvalue weighted by Crippen LogP contribution is 2.30. The number of fused-ring (bicyclic) bond motifs is 1. The normalized spacial score (nSPS) is 14.8. The Labute approximate surface area is 115 Å². The van der Waals surface area contributed by atoms with E-state index in [4.69, 9.17) is 5.73 Å². The van der Waals surface area contributed by atoms with Crippen LogP contribution in [0.25, 0.3) is 0 Å². The summed E-state index contributed by atoms with van der Waals surface area (Å²) < 4.78 is 0. The van der Waals surface area contributed by atoms with Gasteiger partial charge in [-0.2, -0.15) is 0 Å². The van der Waals surface area contributed by atoms with Crippen molar-refractivity contribution in [3.63, 3.8) is 0 Å². The van der Waals surface area contributed by atoms with Crippen LogP contribution in [0.1, 0.15) is 24.0 Å². The Morgan fingerprint density at radius 3 is 3.06 bits per heavy atom. The zero-order valence-electron chi connectivity index (χ0n) is 11.3. The minimum atomic E-state index is 0.792. The zero-order valence-corrected chi connectivity index (χ0v) is 12.1. The molecule has 0 fully saturated rings. The van der Waals surface area contributed by atoms with Crippen LogP contribution in [-0.4, -0.2) is 37.3 Å². The van der Waals surface area contributed by atoms with Crippen molar-refractivity contribution in [3.8, 4) is 0 Å². The van der Waals surface area contributed by atoms with Crippen LogP contribution in [0, 0.1) is 0 Å². The number of hydrogen-bond acceptors (Lipinski definition) is 3. The molecular weight excluding hydrogens is 240 g/mol. The fourth-order valence-electron chi connectivity index (χ4n) is 2.36. The molecule has 0 amide bonds. The van der Waals surface area contributed by atoms with Gasteiger partial charge in [0.25, 0.3) is 0 Å². The van der Waals surface area contributed by atoms with Crippen molar-refractivity contribution in [1.82, 2.24) is 4.90 Å². The molecule has 3 heteroatoms. The van der Waals surface area contributed by atoms with E-state index >= 15 is 0 Å². The Hall–Kier alpha value is -0.510. The first-order valence-electron chi connectivity index (χ1n) is 6.93. The maximum Gasteiger partial charge on any atom is 0.0104 e. The van der Waals surface area contributed by atoms with Crippen LogP contribution < -0.4 is 5.73 Å². The van der Waals surface area contributed by atoms with Gasteiger partial charge in [0.1, 0.15) is 0 Å². The fourth-order valence-corrected chi connectivity index (χ4v) is 3.38. The van der Waals surface area contributed by atoms with E-state index in [1.165, 1.54) is 29.1 Å². The van der Waals surface area contributed by atoms with Crippen LogP contribution in [0.3, 0.4) is 0 Å². The summed E-state index contributed by atoms with van der Waals surface area (Å²) in [4.78, 5) is 3.88. The second-order valence-electron chi connectivity index (χ2n) is 5.09. The number of benzene rings is 1. The minimum Gasteiger partial charge on any atom is -0.330 e. The van der Waals surface area contributed by atoms with Crippen LogP contribution in [0.4, 0.5) is 0 Å². The number of aryl methyl sites for hydroxylation is 1. The van der Waals surface area contributed by atoms with Crippen molar-refractivity contribution in [2.75, 3.05) is 32.4 Å². The summed E-state index contributed by atoms with van der Waals surface area (Å²) in [5.41, 5.74) is 8.58. The highest BCUT2D eigenvalue weighted by Gasteiger charge is 2.10. The molecule has 2 N–H and O–H groups in total. The van der Waals surface area contributed by atoms with Gasteiger partial charge in [0.15, 0.2) is 0 Å². The molecule has 100 valence electrons. The molecule has 0 saturated carbocycles. The van der Waals surface area contributed by atoms with Crippen molar-refractivity contribution in [2.45, 2.75) is 30.6 Å². The summed E-state index contributed by atoms with van der Waals surface area (Å²) in [5.74, 6) is 1.29. The van der Waals surface area contributed by atoms with E-state index in [0.29, 0.717) is 0 Å². The Kier molecular flexibility index (Phi) is 5.54. The van der Waals surface area contributed by atoms with Crippen molar-refractivity contribution in [1.29, 1.82) is 0 Å². The second-order valence-corrected chi connectivity index (χ2v) is 6.23. The minimum absolute atomic E-state index is 0.792. The molecule has 0 atom stereocenters. The largest absolute Gasteiger partial charge is 0.330 e. The predicted octanol–water partition coefficient (Wildman–Crippen LogP) is 2.55. The van der Waals surface area contributed by atoms with E-state index in [9.17, 15) is 0 Å². The Bertz CT molecular complexity index is 379. The van der Waals surface area contributed by atoms with Gasteiger partial charge < -0.3 is 10.6 Å². The number of thioether (sulfide) groups is 1. The van der Waals surface area contributed by atoms with E-state index in [2.05, 4.69) is 30.1 Å². The molecule has 0 aliphatic carbocycles. The smallest absolute Gasteiger partial charge is 0.0104 e. The van der Waals surface area contributed by atoms with Gasteiger partial charge in [-0.3, -0.25) is 0 Å². The summed E-state index contributed by atoms with van der Waals surface area (Å²) >= 11 is 2.01. The molecule has 1 aliphatic rings. The maximum atomic E-state index is 5.53.